The van der Waals surface area contributed by atoms with E-state index < -0.39 is 125 Å². The molecule has 0 saturated carbocycles. The Hall–Kier alpha value is -3.35. The van der Waals surface area contributed by atoms with Crippen molar-refractivity contribution in [1.82, 2.24) is 0 Å². The smallest absolute Gasteiger partial charge is 0.144 e. The zero-order chi connectivity index (χ0) is 67.1. The minimum absolute atomic E-state index is 0.889. The van der Waals surface area contributed by atoms with Crippen molar-refractivity contribution in [2.45, 2.75) is 231 Å². The van der Waals surface area contributed by atoms with Crippen LogP contribution in [0, 0.1) is 180 Å². The van der Waals surface area contributed by atoms with Crippen LogP contribution in [0.2, 0.25) is 203 Å². The molecule has 17 heteroatoms. The molecule has 0 amide bonds. The predicted octanol–water partition coefficient (Wildman–Crippen LogP) is 12.8. The van der Waals surface area contributed by atoms with Gasteiger partial charge < -0.3 is 0 Å². The van der Waals surface area contributed by atoms with Crippen LogP contribution >= 0.6 is 0 Å². The second kappa shape index (κ2) is 30.0. The van der Waals surface area contributed by atoms with Crippen molar-refractivity contribution < 1.29 is 0 Å². The van der Waals surface area contributed by atoms with Gasteiger partial charge in [-0.3, -0.25) is 0 Å². The molecular weight excluding hydrogens is 1290 g/mol. The van der Waals surface area contributed by atoms with Gasteiger partial charge in [0, 0.05) is 0 Å². The molecule has 0 rings (SSSR count). The summed E-state index contributed by atoms with van der Waals surface area (Å²) in [5.41, 5.74) is 89.1. The molecule has 0 fully saturated rings. The molecule has 0 heterocycles. The summed E-state index contributed by atoms with van der Waals surface area (Å²) in [5.74, 6) is 30.3. The lowest BCUT2D eigenvalue weighted by molar-refractivity contribution is 1.01. The third-order valence-electron chi connectivity index (χ3n) is 12.8. The Labute approximate surface area is 552 Å². The van der Waals surface area contributed by atoms with E-state index in [9.17, 15) is 0 Å². The Balaban J connectivity index is 11.7. The van der Waals surface area contributed by atoms with E-state index in [-0.39, 0.29) is 0 Å². The summed E-state index contributed by atoms with van der Waals surface area (Å²) in [6, 6.07) is 0. The number of hydrogen-bond acceptors (Lipinski definition) is 0. The van der Waals surface area contributed by atoms with E-state index in [0.29, 0.717) is 0 Å². The first-order chi connectivity index (χ1) is 37.7. The number of rotatable bonds is 4. The Bertz CT molecular complexity index is 3030. The van der Waals surface area contributed by atoms with E-state index in [4.69, 9.17) is 0 Å². The van der Waals surface area contributed by atoms with Gasteiger partial charge >= 0.3 is 8.07 Å². The molecule has 0 aromatic heterocycles. The van der Waals surface area contributed by atoms with Crippen molar-refractivity contribution >= 4 is 146 Å². The van der Waals surface area contributed by atoms with Gasteiger partial charge in [-0.1, -0.05) is 227 Å². The molecular formula is C68H96Si17. The molecule has 0 nitrogen and oxygen atoms in total. The first-order valence-corrected chi connectivity index (χ1v) is 71.0. The van der Waals surface area contributed by atoms with Gasteiger partial charge in [0.1, 0.15) is 126 Å². The fraction of sp³-hybridized carbons (Fsp3) is 0.529. The molecule has 436 valence electrons. The second-order valence-electron chi connectivity index (χ2n) is 31.8. The molecule has 0 bridgehead atoms. The van der Waals surface area contributed by atoms with Crippen LogP contribution in [0.5, 0.6) is 0 Å². The molecule has 12 radical (unpaired) electrons. The lowest BCUT2D eigenvalue weighted by Crippen LogP contribution is -2.46. The van der Waals surface area contributed by atoms with Gasteiger partial charge in [0.15, 0.2) is 0 Å². The largest absolute Gasteiger partial charge is 0.367 e. The molecule has 0 aromatic rings. The highest BCUT2D eigenvalue weighted by Gasteiger charge is 2.50. The number of hydrogen-bond donors (Lipinski definition) is 0. The molecule has 0 spiro atoms. The highest BCUT2D eigenvalue weighted by atomic mass is 28.4. The first-order valence-electron chi connectivity index (χ1n) is 29.0. The van der Waals surface area contributed by atoms with Gasteiger partial charge in [-0.25, -0.2) is 0 Å². The van der Waals surface area contributed by atoms with Crippen molar-refractivity contribution in [3.63, 3.8) is 0 Å². The molecule has 85 heavy (non-hydrogen) atoms. The van der Waals surface area contributed by atoms with E-state index in [0.717, 1.165) is 0 Å². The molecule has 0 aliphatic carbocycles. The average molecular weight is 1390 g/mol. The van der Waals surface area contributed by atoms with E-state index in [2.05, 4.69) is 432 Å². The minimum atomic E-state index is -4.10. The van der Waals surface area contributed by atoms with Crippen LogP contribution in [0.4, 0.5) is 0 Å². The van der Waals surface area contributed by atoms with Crippen LogP contribution in [0.1, 0.15) is 27.7 Å². The summed E-state index contributed by atoms with van der Waals surface area (Å²) in [4.78, 5) is 0. The van der Waals surface area contributed by atoms with Crippen molar-refractivity contribution in [2.24, 2.45) is 0 Å². The monoisotopic (exact) mass is 1390 g/mol. The van der Waals surface area contributed by atoms with Crippen molar-refractivity contribution in [1.29, 1.82) is 0 Å². The van der Waals surface area contributed by atoms with Crippen LogP contribution < -0.4 is 0 Å². The van der Waals surface area contributed by atoms with E-state index in [1.165, 1.54) is 0 Å². The summed E-state index contributed by atoms with van der Waals surface area (Å²) in [5, 5.41) is -3.55. The lowest BCUT2D eigenvalue weighted by Gasteiger charge is -2.31. The Morgan fingerprint density at radius 1 is 0.176 bits per heavy atom. The van der Waals surface area contributed by atoms with Gasteiger partial charge in [0.2, 0.25) is 32.3 Å². The van der Waals surface area contributed by atoms with E-state index in [1.54, 1.807) is 0 Å². The topological polar surface area (TPSA) is 0 Å². The van der Waals surface area contributed by atoms with Crippen LogP contribution in [0.25, 0.3) is 0 Å². The summed E-state index contributed by atoms with van der Waals surface area (Å²) < 4.78 is 0. The maximum absolute atomic E-state index is 4.10. The molecule has 0 aromatic carbocycles. The van der Waals surface area contributed by atoms with Crippen LogP contribution in [-0.2, 0) is 0 Å². The molecule has 4 unspecified atom stereocenters. The second-order valence-corrected chi connectivity index (χ2v) is 88.2. The van der Waals surface area contributed by atoms with E-state index >= 15 is 0 Å². The van der Waals surface area contributed by atoms with Crippen molar-refractivity contribution in [3.8, 4) is 180 Å². The van der Waals surface area contributed by atoms with Crippen molar-refractivity contribution in [2.75, 3.05) is 0 Å². The highest BCUT2D eigenvalue weighted by Crippen LogP contribution is 2.40. The molecule has 0 saturated heterocycles. The first kappa shape index (κ1) is 81.6. The minimum Gasteiger partial charge on any atom is -0.144 e. The summed E-state index contributed by atoms with van der Waals surface area (Å²) in [6.07, 6.45) is 0. The normalized spacial score (nSPS) is 15.2. The fourth-order valence-corrected chi connectivity index (χ4v) is 28.4. The quantitative estimate of drug-likeness (QED) is 0.194. The lowest BCUT2D eigenvalue weighted by atomic mass is 10.2. The van der Waals surface area contributed by atoms with Crippen LogP contribution in [0.3, 0.4) is 0 Å². The summed E-state index contributed by atoms with van der Waals surface area (Å²) in [7, 11) is -18.3. The van der Waals surface area contributed by atoms with Gasteiger partial charge in [0.05, 0.1) is 0 Å². The average Bonchev–Trinajstić information content (AvgIpc) is 3.11. The summed E-state index contributed by atoms with van der Waals surface area (Å²) >= 11 is 0. The Morgan fingerprint density at radius 3 is 0.388 bits per heavy atom. The molecule has 4 atom stereocenters. The predicted molar refractivity (Wildman–Crippen MR) is 420 cm³/mol. The van der Waals surface area contributed by atoms with Crippen LogP contribution in [-0.4, -0.2) is 146 Å². The maximum atomic E-state index is 4.00. The zero-order valence-corrected chi connectivity index (χ0v) is 75.5. The zero-order valence-electron chi connectivity index (χ0n) is 58.5. The standard InChI is InChI=1S/C68H96Si17/c1-65(33-45-73(5,6)7,34-46-74(8,9)10)81(29,53-41-69)57-61-85(62-58-82(30,54-42-70)66(2,35-47-75(11,12)13)36-48-76(14,15)16,63-59-83(31,55-43-71)67(3,37-49-77(17,18)19)38-50-78(20,21)22)64-60-84(32,56-44-72)68(4,39-51-79(23,24)25)40-52-80(26,27)28/h1-32H3. The van der Waals surface area contributed by atoms with Crippen LogP contribution in [0.15, 0.2) is 0 Å². The fourth-order valence-electron chi connectivity index (χ4n) is 6.31. The molecule has 0 aliphatic rings. The third-order valence-corrected chi connectivity index (χ3v) is 38.2. The molecule has 0 aliphatic heterocycles. The maximum Gasteiger partial charge on any atom is 0.367 e. The SMILES string of the molecule is CC(C#C[Si](C)(C)C)(C#C[Si](C)(C)C)[Si](C)(C#C[Si])C#C[Si](C#C[Si](C)(C#C[Si])C(C)(C#C[Si](C)(C)C)C#C[Si](C)(C)C)(C#C[Si](C)(C#C[Si])C(C)(C#C[Si](C)(C)C)C#C[Si](C)(C)C)C#C[Si](C)(C#C[Si])C(C)(C#C[Si](C)(C)C)C#C[Si](C)(C)C. The highest BCUT2D eigenvalue weighted by molar-refractivity contribution is 7.12. The van der Waals surface area contributed by atoms with Gasteiger partial charge in [-0.15, -0.1) is 111 Å². The van der Waals surface area contributed by atoms with Gasteiger partial charge in [-0.05, 0) is 53.9 Å². The van der Waals surface area contributed by atoms with E-state index in [1.807, 2.05) is 0 Å². The Morgan fingerprint density at radius 2 is 0.294 bits per heavy atom. The molecule has 0 N–H and O–H groups in total. The van der Waals surface area contributed by atoms with Gasteiger partial charge in [0.25, 0.3) is 0 Å². The Kier molecular flexibility index (Phi) is 28.8. The van der Waals surface area contributed by atoms with Gasteiger partial charge in [-0.2, -0.15) is 0 Å². The third kappa shape index (κ3) is 28.4. The summed E-state index contributed by atoms with van der Waals surface area (Å²) in [6.45, 7) is 71.6. The van der Waals surface area contributed by atoms with Crippen molar-refractivity contribution in [3.05, 3.63) is 0 Å².